The summed E-state index contributed by atoms with van der Waals surface area (Å²) in [5, 5.41) is 7.67. The molecule has 1 amide bonds. The fourth-order valence-corrected chi connectivity index (χ4v) is 3.54. The summed E-state index contributed by atoms with van der Waals surface area (Å²) in [6, 6.07) is 22.7. The lowest BCUT2D eigenvalue weighted by molar-refractivity contribution is 0.102. The highest BCUT2D eigenvalue weighted by Gasteiger charge is 2.19. The van der Waals surface area contributed by atoms with E-state index in [4.69, 9.17) is 19.3 Å². The van der Waals surface area contributed by atoms with Gasteiger partial charge in [0.25, 0.3) is 5.91 Å². The Balaban J connectivity index is 1.69. The van der Waals surface area contributed by atoms with Gasteiger partial charge in [0.1, 0.15) is 11.4 Å². The maximum atomic E-state index is 13.3. The third kappa shape index (κ3) is 4.98. The van der Waals surface area contributed by atoms with Crippen molar-refractivity contribution in [3.63, 3.8) is 0 Å². The molecule has 0 radical (unpaired) electrons. The Morgan fingerprint density at radius 3 is 2.39 bits per heavy atom. The summed E-state index contributed by atoms with van der Waals surface area (Å²) in [5.74, 6) is 1.53. The fourth-order valence-electron chi connectivity index (χ4n) is 3.54. The highest BCUT2D eigenvalue weighted by molar-refractivity contribution is 6.08. The van der Waals surface area contributed by atoms with Crippen LogP contribution in [0.3, 0.4) is 0 Å². The number of carbonyl (C=O) groups excluding carboxylic acids is 1. The van der Waals surface area contributed by atoms with E-state index in [0.29, 0.717) is 40.7 Å². The van der Waals surface area contributed by atoms with Crippen LogP contribution >= 0.6 is 0 Å². The zero-order valence-electron chi connectivity index (χ0n) is 18.7. The predicted molar refractivity (Wildman–Crippen MR) is 127 cm³/mol. The lowest BCUT2D eigenvalue weighted by Gasteiger charge is -2.10. The van der Waals surface area contributed by atoms with Gasteiger partial charge < -0.3 is 19.5 Å². The minimum atomic E-state index is -0.278. The number of carbonyl (C=O) groups is 1. The van der Waals surface area contributed by atoms with Gasteiger partial charge in [-0.3, -0.25) is 9.48 Å². The van der Waals surface area contributed by atoms with Crippen LogP contribution in [0.15, 0.2) is 79.0 Å². The zero-order chi connectivity index (χ0) is 23.2. The minimum absolute atomic E-state index is 0.278. The Morgan fingerprint density at radius 1 is 0.879 bits per heavy atom. The van der Waals surface area contributed by atoms with E-state index in [1.165, 1.54) is 0 Å². The molecule has 0 atom stereocenters. The number of methoxy groups -OCH3 is 3. The normalized spacial score (nSPS) is 10.5. The number of aromatic nitrogens is 2. The molecule has 4 aromatic rings. The Labute approximate surface area is 192 Å². The molecule has 1 N–H and O–H groups in total. The molecule has 0 bridgehead atoms. The van der Waals surface area contributed by atoms with Crippen LogP contribution in [-0.2, 0) is 6.54 Å². The molecular formula is C26H25N3O4. The van der Waals surface area contributed by atoms with Crippen LogP contribution in [0.25, 0.3) is 11.3 Å². The van der Waals surface area contributed by atoms with E-state index in [2.05, 4.69) is 5.32 Å². The smallest absolute Gasteiger partial charge is 0.259 e. The molecule has 7 heteroatoms. The Hall–Kier alpha value is -4.26. The molecule has 3 aromatic carbocycles. The van der Waals surface area contributed by atoms with Crippen molar-refractivity contribution in [3.8, 4) is 28.5 Å². The highest BCUT2D eigenvalue weighted by Crippen LogP contribution is 2.31. The largest absolute Gasteiger partial charge is 0.497 e. The van der Waals surface area contributed by atoms with Crippen molar-refractivity contribution >= 4 is 11.6 Å². The van der Waals surface area contributed by atoms with Crippen LogP contribution in [-0.4, -0.2) is 37.0 Å². The van der Waals surface area contributed by atoms with Crippen molar-refractivity contribution < 1.29 is 19.0 Å². The number of ether oxygens (including phenoxy) is 3. The fraction of sp³-hybridized carbons (Fsp3) is 0.154. The number of nitrogens with zero attached hydrogens (tertiary/aromatic N) is 2. The van der Waals surface area contributed by atoms with Gasteiger partial charge in [0.15, 0.2) is 11.5 Å². The molecule has 0 saturated carbocycles. The zero-order valence-corrected chi connectivity index (χ0v) is 18.7. The molecular weight excluding hydrogens is 418 g/mol. The first-order valence-corrected chi connectivity index (χ1v) is 10.4. The maximum absolute atomic E-state index is 13.3. The number of amides is 1. The molecule has 0 unspecified atom stereocenters. The van der Waals surface area contributed by atoms with Gasteiger partial charge in [0.05, 0.1) is 33.4 Å². The molecule has 0 aliphatic heterocycles. The summed E-state index contributed by atoms with van der Waals surface area (Å²) in [7, 11) is 4.73. The number of rotatable bonds is 8. The first kappa shape index (κ1) is 22.0. The second-order valence-electron chi connectivity index (χ2n) is 7.33. The second kappa shape index (κ2) is 9.91. The summed E-state index contributed by atoms with van der Waals surface area (Å²) >= 11 is 0. The summed E-state index contributed by atoms with van der Waals surface area (Å²) in [4.78, 5) is 13.3. The molecule has 1 aromatic heterocycles. The molecule has 4 rings (SSSR count). The quantitative estimate of drug-likeness (QED) is 0.420. The van der Waals surface area contributed by atoms with Crippen LogP contribution in [0, 0.1) is 0 Å². The van der Waals surface area contributed by atoms with Gasteiger partial charge >= 0.3 is 0 Å². The topological polar surface area (TPSA) is 74.6 Å². The minimum Gasteiger partial charge on any atom is -0.497 e. The summed E-state index contributed by atoms with van der Waals surface area (Å²) in [6.45, 7) is 0.543. The van der Waals surface area contributed by atoms with Crippen molar-refractivity contribution in [3.05, 3.63) is 90.1 Å². The van der Waals surface area contributed by atoms with Crippen LogP contribution in [0.1, 0.15) is 15.9 Å². The van der Waals surface area contributed by atoms with Gasteiger partial charge in [0.2, 0.25) is 0 Å². The van der Waals surface area contributed by atoms with Crippen LogP contribution in [0.5, 0.6) is 17.2 Å². The molecule has 7 nitrogen and oxygen atoms in total. The first-order valence-electron chi connectivity index (χ1n) is 10.4. The molecule has 0 aliphatic rings. The maximum Gasteiger partial charge on any atom is 0.259 e. The molecule has 1 heterocycles. The molecule has 168 valence electrons. The number of hydrogen-bond donors (Lipinski definition) is 1. The van der Waals surface area contributed by atoms with Gasteiger partial charge in [-0.1, -0.05) is 42.5 Å². The molecule has 0 spiro atoms. The average Bonchev–Trinajstić information content (AvgIpc) is 3.28. The Morgan fingerprint density at radius 2 is 1.67 bits per heavy atom. The molecule has 0 saturated heterocycles. The lowest BCUT2D eigenvalue weighted by Crippen LogP contribution is -2.12. The standard InChI is InChI=1S/C26H25N3O4/c1-31-21-11-7-10-19(14-21)25-22(17-29(28-25)16-18-8-5-4-6-9-18)26(30)27-20-12-13-23(32-2)24(15-20)33-3/h4-15,17H,16H2,1-3H3,(H,27,30). The van der Waals surface area contributed by atoms with E-state index in [1.54, 1.807) is 50.4 Å². The second-order valence-corrected chi connectivity index (χ2v) is 7.33. The SMILES string of the molecule is COc1cccc(-c2nn(Cc3ccccc3)cc2C(=O)Nc2ccc(OC)c(OC)c2)c1. The van der Waals surface area contributed by atoms with Crippen LogP contribution in [0.2, 0.25) is 0 Å². The van der Waals surface area contributed by atoms with Gasteiger partial charge in [-0.15, -0.1) is 0 Å². The van der Waals surface area contributed by atoms with E-state index in [1.807, 2.05) is 54.6 Å². The van der Waals surface area contributed by atoms with Crippen molar-refractivity contribution in [2.24, 2.45) is 0 Å². The van der Waals surface area contributed by atoms with E-state index in [-0.39, 0.29) is 5.91 Å². The van der Waals surface area contributed by atoms with E-state index in [0.717, 1.165) is 11.1 Å². The Bertz CT molecular complexity index is 1250. The average molecular weight is 444 g/mol. The van der Waals surface area contributed by atoms with Gasteiger partial charge in [-0.05, 0) is 29.8 Å². The summed E-state index contributed by atoms with van der Waals surface area (Å²) in [6.07, 6.45) is 1.76. The van der Waals surface area contributed by atoms with E-state index >= 15 is 0 Å². The van der Waals surface area contributed by atoms with Crippen LogP contribution < -0.4 is 19.5 Å². The Kier molecular flexibility index (Phi) is 6.59. The molecule has 0 fully saturated rings. The predicted octanol–water partition coefficient (Wildman–Crippen LogP) is 4.88. The van der Waals surface area contributed by atoms with E-state index < -0.39 is 0 Å². The van der Waals surface area contributed by atoms with Crippen molar-refractivity contribution in [2.75, 3.05) is 26.6 Å². The third-order valence-corrected chi connectivity index (χ3v) is 5.18. The van der Waals surface area contributed by atoms with Gasteiger partial charge in [-0.25, -0.2) is 0 Å². The highest BCUT2D eigenvalue weighted by atomic mass is 16.5. The number of nitrogens with one attached hydrogen (secondary N) is 1. The van der Waals surface area contributed by atoms with Crippen molar-refractivity contribution in [1.29, 1.82) is 0 Å². The number of hydrogen-bond acceptors (Lipinski definition) is 5. The van der Waals surface area contributed by atoms with E-state index in [9.17, 15) is 4.79 Å². The molecule has 33 heavy (non-hydrogen) atoms. The van der Waals surface area contributed by atoms with Crippen LogP contribution in [0.4, 0.5) is 5.69 Å². The number of anilines is 1. The van der Waals surface area contributed by atoms with Crippen molar-refractivity contribution in [1.82, 2.24) is 9.78 Å². The lowest BCUT2D eigenvalue weighted by atomic mass is 10.1. The number of benzene rings is 3. The van der Waals surface area contributed by atoms with Crippen molar-refractivity contribution in [2.45, 2.75) is 6.54 Å². The summed E-state index contributed by atoms with van der Waals surface area (Å²) in [5.41, 5.74) is 3.49. The molecule has 0 aliphatic carbocycles. The third-order valence-electron chi connectivity index (χ3n) is 5.18. The monoisotopic (exact) mass is 443 g/mol. The summed E-state index contributed by atoms with van der Waals surface area (Å²) < 4.78 is 17.8. The van der Waals surface area contributed by atoms with Gasteiger partial charge in [-0.2, -0.15) is 5.10 Å². The van der Waals surface area contributed by atoms with Gasteiger partial charge in [0, 0.05) is 23.5 Å². The first-order chi connectivity index (χ1) is 16.1.